The van der Waals surface area contributed by atoms with Crippen LogP contribution in [0.3, 0.4) is 0 Å². The summed E-state index contributed by atoms with van der Waals surface area (Å²) >= 11 is 2.39. The van der Waals surface area contributed by atoms with E-state index in [4.69, 9.17) is 0 Å². The first-order chi connectivity index (χ1) is 11.8. The summed E-state index contributed by atoms with van der Waals surface area (Å²) in [6.45, 7) is 0. The topological polar surface area (TPSA) is 4.93 Å². The maximum Gasteiger partial charge on any atom is 0.0547 e. The van der Waals surface area contributed by atoms with Gasteiger partial charge in [0.15, 0.2) is 0 Å². The van der Waals surface area contributed by atoms with Crippen molar-refractivity contribution in [1.82, 2.24) is 4.57 Å². The third-order valence-electron chi connectivity index (χ3n) is 4.61. The summed E-state index contributed by atoms with van der Waals surface area (Å²) in [6, 6.07) is 30.5. The molecule has 0 aliphatic carbocycles. The van der Waals surface area contributed by atoms with E-state index < -0.39 is 0 Å². The van der Waals surface area contributed by atoms with Crippen LogP contribution >= 0.6 is 22.6 Å². The van der Waals surface area contributed by atoms with Crippen molar-refractivity contribution in [2.45, 2.75) is 0 Å². The number of hydrogen-bond donors (Lipinski definition) is 0. The van der Waals surface area contributed by atoms with E-state index in [1.807, 2.05) is 0 Å². The number of fused-ring (bicyclic) bond motifs is 4. The Labute approximate surface area is 153 Å². The third-order valence-corrected chi connectivity index (χ3v) is 5.28. The second kappa shape index (κ2) is 5.35. The zero-order valence-electron chi connectivity index (χ0n) is 12.9. The lowest BCUT2D eigenvalue weighted by Crippen LogP contribution is -1.93. The van der Waals surface area contributed by atoms with Gasteiger partial charge in [0.1, 0.15) is 0 Å². The SMILES string of the molecule is Ic1ccc2c(c1)c1cc3ccccc3cc1n2-c1ccccc1. The Balaban J connectivity index is 2.03. The molecular formula is C22H14IN. The fourth-order valence-corrected chi connectivity index (χ4v) is 4.02. The van der Waals surface area contributed by atoms with Crippen LogP contribution in [0.25, 0.3) is 38.3 Å². The van der Waals surface area contributed by atoms with E-state index in [2.05, 4.69) is 112 Å². The Morgan fingerprint density at radius 2 is 1.25 bits per heavy atom. The van der Waals surface area contributed by atoms with Gasteiger partial charge in [0.2, 0.25) is 0 Å². The molecule has 0 spiro atoms. The molecule has 0 saturated heterocycles. The molecule has 5 aromatic rings. The molecule has 1 aromatic heterocycles. The van der Waals surface area contributed by atoms with Crippen LogP contribution in [-0.2, 0) is 0 Å². The van der Waals surface area contributed by atoms with Crippen LogP contribution in [0, 0.1) is 3.57 Å². The summed E-state index contributed by atoms with van der Waals surface area (Å²) in [4.78, 5) is 0. The largest absolute Gasteiger partial charge is 0.309 e. The summed E-state index contributed by atoms with van der Waals surface area (Å²) in [5, 5.41) is 5.19. The Bertz CT molecular complexity index is 1200. The first kappa shape index (κ1) is 14.1. The van der Waals surface area contributed by atoms with Crippen molar-refractivity contribution < 1.29 is 0 Å². The molecule has 2 heteroatoms. The summed E-state index contributed by atoms with van der Waals surface area (Å²) < 4.78 is 3.63. The second-order valence-electron chi connectivity index (χ2n) is 6.05. The smallest absolute Gasteiger partial charge is 0.0547 e. The summed E-state index contributed by atoms with van der Waals surface area (Å²) in [5.74, 6) is 0. The molecule has 114 valence electrons. The number of nitrogens with zero attached hydrogens (tertiary/aromatic N) is 1. The van der Waals surface area contributed by atoms with Crippen molar-refractivity contribution in [3.8, 4) is 5.69 Å². The van der Waals surface area contributed by atoms with Crippen molar-refractivity contribution in [2.24, 2.45) is 0 Å². The normalized spacial score (nSPS) is 11.5. The van der Waals surface area contributed by atoms with Crippen LogP contribution in [0.2, 0.25) is 0 Å². The highest BCUT2D eigenvalue weighted by molar-refractivity contribution is 14.1. The summed E-state index contributed by atoms with van der Waals surface area (Å²) in [5.41, 5.74) is 3.72. The lowest BCUT2D eigenvalue weighted by Gasteiger charge is -2.08. The number of rotatable bonds is 1. The predicted octanol–water partition coefficient (Wildman–Crippen LogP) is 6.54. The van der Waals surface area contributed by atoms with E-state index in [-0.39, 0.29) is 0 Å². The maximum absolute atomic E-state index is 2.39. The van der Waals surface area contributed by atoms with E-state index in [9.17, 15) is 0 Å². The molecular weight excluding hydrogens is 405 g/mol. The van der Waals surface area contributed by atoms with Crippen LogP contribution in [0.15, 0.2) is 84.9 Å². The molecule has 0 radical (unpaired) electrons. The van der Waals surface area contributed by atoms with Gasteiger partial charge < -0.3 is 4.57 Å². The van der Waals surface area contributed by atoms with Crippen LogP contribution in [0.4, 0.5) is 0 Å². The van der Waals surface area contributed by atoms with Gasteiger partial charge in [0, 0.05) is 20.0 Å². The van der Waals surface area contributed by atoms with Crippen molar-refractivity contribution >= 4 is 55.2 Å². The molecule has 5 rings (SSSR count). The monoisotopic (exact) mass is 419 g/mol. The highest BCUT2D eigenvalue weighted by Crippen LogP contribution is 2.35. The minimum Gasteiger partial charge on any atom is -0.309 e. The zero-order valence-corrected chi connectivity index (χ0v) is 15.1. The Morgan fingerprint density at radius 3 is 2.04 bits per heavy atom. The molecule has 0 atom stereocenters. The van der Waals surface area contributed by atoms with Gasteiger partial charge >= 0.3 is 0 Å². The molecule has 1 heterocycles. The lowest BCUT2D eigenvalue weighted by atomic mass is 10.1. The maximum atomic E-state index is 2.39. The van der Waals surface area contributed by atoms with Crippen molar-refractivity contribution in [2.75, 3.05) is 0 Å². The molecule has 0 fully saturated rings. The number of halogens is 1. The Kier molecular flexibility index (Phi) is 3.13. The molecule has 0 bridgehead atoms. The van der Waals surface area contributed by atoms with E-state index in [0.29, 0.717) is 0 Å². The van der Waals surface area contributed by atoms with Gasteiger partial charge in [-0.25, -0.2) is 0 Å². The van der Waals surface area contributed by atoms with Crippen LogP contribution < -0.4 is 0 Å². The van der Waals surface area contributed by atoms with Crippen LogP contribution in [-0.4, -0.2) is 4.57 Å². The van der Waals surface area contributed by atoms with Gasteiger partial charge in [0.05, 0.1) is 11.0 Å². The van der Waals surface area contributed by atoms with Gasteiger partial charge in [-0.2, -0.15) is 0 Å². The summed E-state index contributed by atoms with van der Waals surface area (Å²) in [7, 11) is 0. The second-order valence-corrected chi connectivity index (χ2v) is 7.29. The number of hydrogen-bond acceptors (Lipinski definition) is 0. The van der Waals surface area contributed by atoms with Gasteiger partial charge in [-0.05, 0) is 75.8 Å². The first-order valence-corrected chi connectivity index (χ1v) is 9.07. The first-order valence-electron chi connectivity index (χ1n) is 7.99. The molecule has 0 aliphatic heterocycles. The molecule has 0 unspecified atom stereocenters. The Morgan fingerprint density at radius 1 is 0.583 bits per heavy atom. The zero-order chi connectivity index (χ0) is 16.1. The minimum atomic E-state index is 1.20. The van der Waals surface area contributed by atoms with Gasteiger partial charge in [0.25, 0.3) is 0 Å². The molecule has 0 aliphatic rings. The molecule has 0 amide bonds. The third kappa shape index (κ3) is 2.06. The number of benzene rings is 4. The van der Waals surface area contributed by atoms with Crippen molar-refractivity contribution in [3.63, 3.8) is 0 Å². The van der Waals surface area contributed by atoms with Gasteiger partial charge in [-0.15, -0.1) is 0 Å². The van der Waals surface area contributed by atoms with E-state index >= 15 is 0 Å². The molecule has 0 N–H and O–H groups in total. The van der Waals surface area contributed by atoms with E-state index in [0.717, 1.165) is 0 Å². The molecule has 1 nitrogen and oxygen atoms in total. The predicted molar refractivity (Wildman–Crippen MR) is 111 cm³/mol. The highest BCUT2D eigenvalue weighted by Gasteiger charge is 2.13. The fraction of sp³-hybridized carbons (Fsp3) is 0. The van der Waals surface area contributed by atoms with Crippen LogP contribution in [0.5, 0.6) is 0 Å². The van der Waals surface area contributed by atoms with Gasteiger partial charge in [-0.1, -0.05) is 42.5 Å². The molecule has 24 heavy (non-hydrogen) atoms. The summed E-state index contributed by atoms with van der Waals surface area (Å²) in [6.07, 6.45) is 0. The quantitative estimate of drug-likeness (QED) is 0.272. The highest BCUT2D eigenvalue weighted by atomic mass is 127. The van der Waals surface area contributed by atoms with Gasteiger partial charge in [-0.3, -0.25) is 0 Å². The minimum absolute atomic E-state index is 1.20. The van der Waals surface area contributed by atoms with E-state index in [1.165, 1.54) is 41.8 Å². The molecule has 4 aromatic carbocycles. The Hall–Kier alpha value is -2.33. The van der Waals surface area contributed by atoms with Crippen LogP contribution in [0.1, 0.15) is 0 Å². The van der Waals surface area contributed by atoms with Crippen molar-refractivity contribution in [3.05, 3.63) is 88.5 Å². The molecule has 0 saturated carbocycles. The fourth-order valence-electron chi connectivity index (χ4n) is 3.53. The number of aromatic nitrogens is 1. The lowest BCUT2D eigenvalue weighted by molar-refractivity contribution is 1.18. The van der Waals surface area contributed by atoms with Crippen molar-refractivity contribution in [1.29, 1.82) is 0 Å². The average Bonchev–Trinajstić information content (AvgIpc) is 2.93. The number of para-hydroxylation sites is 1. The standard InChI is InChI=1S/C22H14IN/c23-17-10-11-21-20(14-17)19-12-15-6-4-5-7-16(15)13-22(19)24(21)18-8-2-1-3-9-18/h1-14H. The van der Waals surface area contributed by atoms with E-state index in [1.54, 1.807) is 0 Å². The average molecular weight is 419 g/mol.